The zero-order chi connectivity index (χ0) is 14.9. The molecule has 2 aromatic rings. The van der Waals surface area contributed by atoms with E-state index in [4.69, 9.17) is 11.6 Å². The van der Waals surface area contributed by atoms with Crippen molar-refractivity contribution < 1.29 is 0 Å². The maximum atomic E-state index is 6.29. The average molecular weight is 288 g/mol. The van der Waals surface area contributed by atoms with Crippen LogP contribution in [0.1, 0.15) is 40.8 Å². The summed E-state index contributed by atoms with van der Waals surface area (Å²) in [5, 5.41) is 4.29. The van der Waals surface area contributed by atoms with Gasteiger partial charge in [-0.3, -0.25) is 0 Å². The van der Waals surface area contributed by atoms with E-state index in [2.05, 4.69) is 51.2 Å². The molecule has 1 atom stereocenters. The van der Waals surface area contributed by atoms with E-state index in [1.54, 1.807) is 0 Å². The van der Waals surface area contributed by atoms with Crippen molar-refractivity contribution in [3.05, 3.63) is 63.2 Å². The molecule has 0 heterocycles. The fourth-order valence-electron chi connectivity index (χ4n) is 2.50. The number of nitrogens with one attached hydrogen (secondary N) is 1. The lowest BCUT2D eigenvalue weighted by Crippen LogP contribution is -2.09. The van der Waals surface area contributed by atoms with Gasteiger partial charge in [0, 0.05) is 6.04 Å². The van der Waals surface area contributed by atoms with Crippen LogP contribution in [0.4, 0.5) is 5.69 Å². The minimum Gasteiger partial charge on any atom is -0.377 e. The van der Waals surface area contributed by atoms with Crippen LogP contribution >= 0.6 is 11.6 Å². The maximum absolute atomic E-state index is 6.29. The minimum absolute atomic E-state index is 0.231. The van der Waals surface area contributed by atoms with Crippen molar-refractivity contribution in [2.75, 3.05) is 5.32 Å². The van der Waals surface area contributed by atoms with Gasteiger partial charge in [0.15, 0.2) is 0 Å². The highest BCUT2D eigenvalue weighted by molar-refractivity contribution is 6.33. The number of anilines is 1. The molecular formula is C18H22ClN. The first-order valence-corrected chi connectivity index (χ1v) is 7.36. The number of rotatable bonds is 3. The summed E-state index contributed by atoms with van der Waals surface area (Å²) >= 11 is 6.29. The van der Waals surface area contributed by atoms with Crippen molar-refractivity contribution in [2.45, 2.75) is 40.7 Å². The highest BCUT2D eigenvalue weighted by atomic mass is 35.5. The Balaban J connectivity index is 2.28. The molecule has 1 N–H and O–H groups in total. The molecule has 1 unspecified atom stereocenters. The smallest absolute Gasteiger partial charge is 0.0640 e. The summed E-state index contributed by atoms with van der Waals surface area (Å²) in [5.74, 6) is 0. The lowest BCUT2D eigenvalue weighted by Gasteiger charge is -2.20. The van der Waals surface area contributed by atoms with Gasteiger partial charge in [-0.05, 0) is 74.6 Å². The van der Waals surface area contributed by atoms with Gasteiger partial charge in [0.1, 0.15) is 0 Å². The first kappa shape index (κ1) is 14.9. The van der Waals surface area contributed by atoms with Crippen LogP contribution in [0.15, 0.2) is 30.3 Å². The molecule has 106 valence electrons. The summed E-state index contributed by atoms with van der Waals surface area (Å²) in [6.07, 6.45) is 0. The van der Waals surface area contributed by atoms with Crippen LogP contribution in [0.5, 0.6) is 0 Å². The van der Waals surface area contributed by atoms with Crippen LogP contribution in [-0.4, -0.2) is 0 Å². The third-order valence-corrected chi connectivity index (χ3v) is 4.16. The monoisotopic (exact) mass is 287 g/mol. The largest absolute Gasteiger partial charge is 0.377 e. The Morgan fingerprint density at radius 1 is 0.900 bits per heavy atom. The van der Waals surface area contributed by atoms with Gasteiger partial charge in [0.2, 0.25) is 0 Å². The molecule has 0 aliphatic carbocycles. The first-order chi connectivity index (χ1) is 9.38. The molecule has 0 amide bonds. The van der Waals surface area contributed by atoms with Gasteiger partial charge in [-0.1, -0.05) is 29.8 Å². The van der Waals surface area contributed by atoms with E-state index in [0.29, 0.717) is 0 Å². The van der Waals surface area contributed by atoms with E-state index in [9.17, 15) is 0 Å². The fraction of sp³-hybridized carbons (Fsp3) is 0.333. The Labute approximate surface area is 127 Å². The number of halogens is 1. The molecule has 2 heteroatoms. The van der Waals surface area contributed by atoms with E-state index in [0.717, 1.165) is 10.7 Å². The standard InChI is InChI=1S/C18H22ClN/c1-11-6-7-18(17(19)8-11)20-15(5)16-10-13(3)12(2)9-14(16)4/h6-10,15,20H,1-5H3. The quantitative estimate of drug-likeness (QED) is 0.758. The molecule has 0 aliphatic heterocycles. The second-order valence-electron chi connectivity index (χ2n) is 5.64. The Hall–Kier alpha value is -1.47. The number of benzene rings is 2. The summed E-state index contributed by atoms with van der Waals surface area (Å²) in [6.45, 7) is 10.7. The van der Waals surface area contributed by atoms with Crippen molar-refractivity contribution in [1.82, 2.24) is 0 Å². The van der Waals surface area contributed by atoms with Crippen molar-refractivity contribution in [3.63, 3.8) is 0 Å². The Bertz CT molecular complexity index is 632. The molecule has 0 radical (unpaired) electrons. The average Bonchev–Trinajstić information content (AvgIpc) is 2.37. The number of hydrogen-bond donors (Lipinski definition) is 1. The van der Waals surface area contributed by atoms with Gasteiger partial charge in [-0.25, -0.2) is 0 Å². The molecule has 0 saturated carbocycles. The highest BCUT2D eigenvalue weighted by Crippen LogP contribution is 2.29. The maximum Gasteiger partial charge on any atom is 0.0640 e. The van der Waals surface area contributed by atoms with Crippen molar-refractivity contribution >= 4 is 17.3 Å². The molecule has 0 saturated heterocycles. The van der Waals surface area contributed by atoms with Crippen molar-refractivity contribution in [2.24, 2.45) is 0 Å². The second kappa shape index (κ2) is 5.88. The van der Waals surface area contributed by atoms with Gasteiger partial charge >= 0.3 is 0 Å². The Morgan fingerprint density at radius 2 is 1.55 bits per heavy atom. The number of hydrogen-bond acceptors (Lipinski definition) is 1. The summed E-state index contributed by atoms with van der Waals surface area (Å²) in [5.41, 5.74) is 7.47. The van der Waals surface area contributed by atoms with E-state index in [1.165, 1.54) is 27.8 Å². The van der Waals surface area contributed by atoms with Gasteiger partial charge in [0.05, 0.1) is 10.7 Å². The molecule has 0 fully saturated rings. The van der Waals surface area contributed by atoms with E-state index >= 15 is 0 Å². The molecule has 2 rings (SSSR count). The minimum atomic E-state index is 0.231. The van der Waals surface area contributed by atoms with Crippen LogP contribution in [0.3, 0.4) is 0 Å². The Kier molecular flexibility index (Phi) is 4.39. The predicted molar refractivity (Wildman–Crippen MR) is 88.9 cm³/mol. The van der Waals surface area contributed by atoms with Crippen LogP contribution in [0.2, 0.25) is 5.02 Å². The van der Waals surface area contributed by atoms with E-state index in [1.807, 2.05) is 19.1 Å². The third kappa shape index (κ3) is 3.16. The van der Waals surface area contributed by atoms with Crippen LogP contribution in [0, 0.1) is 27.7 Å². The van der Waals surface area contributed by atoms with Crippen molar-refractivity contribution in [1.29, 1.82) is 0 Å². The zero-order valence-electron chi connectivity index (χ0n) is 12.8. The summed E-state index contributed by atoms with van der Waals surface area (Å²) in [6, 6.07) is 10.9. The van der Waals surface area contributed by atoms with E-state index in [-0.39, 0.29) is 6.04 Å². The third-order valence-electron chi connectivity index (χ3n) is 3.85. The van der Waals surface area contributed by atoms with E-state index < -0.39 is 0 Å². The predicted octanol–water partition coefficient (Wildman–Crippen LogP) is 5.75. The fourth-order valence-corrected chi connectivity index (χ4v) is 2.79. The molecule has 20 heavy (non-hydrogen) atoms. The van der Waals surface area contributed by atoms with Gasteiger partial charge in [-0.15, -0.1) is 0 Å². The molecule has 0 aliphatic rings. The summed E-state index contributed by atoms with van der Waals surface area (Å²) in [4.78, 5) is 0. The van der Waals surface area contributed by atoms with Gasteiger partial charge in [0.25, 0.3) is 0 Å². The SMILES string of the molecule is Cc1ccc(NC(C)c2cc(C)c(C)cc2C)c(Cl)c1. The first-order valence-electron chi connectivity index (χ1n) is 6.99. The van der Waals surface area contributed by atoms with Gasteiger partial charge in [-0.2, -0.15) is 0 Å². The molecule has 0 bridgehead atoms. The highest BCUT2D eigenvalue weighted by Gasteiger charge is 2.11. The number of aryl methyl sites for hydroxylation is 4. The van der Waals surface area contributed by atoms with Crippen LogP contribution in [0.25, 0.3) is 0 Å². The topological polar surface area (TPSA) is 12.0 Å². The second-order valence-corrected chi connectivity index (χ2v) is 6.05. The molecular weight excluding hydrogens is 266 g/mol. The molecule has 2 aromatic carbocycles. The lowest BCUT2D eigenvalue weighted by molar-refractivity contribution is 0.870. The lowest BCUT2D eigenvalue weighted by atomic mass is 9.96. The molecule has 0 aromatic heterocycles. The Morgan fingerprint density at radius 3 is 2.20 bits per heavy atom. The molecule has 0 spiro atoms. The zero-order valence-corrected chi connectivity index (χ0v) is 13.6. The van der Waals surface area contributed by atoms with Gasteiger partial charge < -0.3 is 5.32 Å². The van der Waals surface area contributed by atoms with Crippen LogP contribution < -0.4 is 5.32 Å². The van der Waals surface area contributed by atoms with Crippen LogP contribution in [-0.2, 0) is 0 Å². The normalized spacial score (nSPS) is 12.3. The summed E-state index contributed by atoms with van der Waals surface area (Å²) in [7, 11) is 0. The molecule has 1 nitrogen and oxygen atoms in total. The van der Waals surface area contributed by atoms with Crippen molar-refractivity contribution in [3.8, 4) is 0 Å². The summed E-state index contributed by atoms with van der Waals surface area (Å²) < 4.78 is 0.